The molecule has 0 radical (unpaired) electrons. The maximum atomic E-state index is 5.27. The molecule has 2 atom stereocenters. The van der Waals surface area contributed by atoms with Gasteiger partial charge in [0.05, 0.1) is 0 Å². The fourth-order valence-corrected chi connectivity index (χ4v) is 5.69. The Bertz CT molecular complexity index is 1610. The Morgan fingerprint density at radius 1 is 0.558 bits per heavy atom. The summed E-state index contributed by atoms with van der Waals surface area (Å²) in [5, 5.41) is 0. The first kappa shape index (κ1) is 30.2. The normalized spacial score (nSPS) is 13.7. The second kappa shape index (κ2) is 13.4. The van der Waals surface area contributed by atoms with Gasteiger partial charge in [-0.25, -0.2) is 0 Å². The molecule has 0 saturated heterocycles. The van der Waals surface area contributed by atoms with Crippen LogP contribution in [0, 0.1) is 18.2 Å². The summed E-state index contributed by atoms with van der Waals surface area (Å²) in [4.78, 5) is 14.6. The van der Waals surface area contributed by atoms with Gasteiger partial charge in [-0.3, -0.25) is 9.97 Å². The molecule has 3 aromatic carbocycles. The van der Waals surface area contributed by atoms with E-state index in [9.17, 15) is 0 Å². The molecule has 2 unspecified atom stereocenters. The van der Waals surface area contributed by atoms with E-state index in [0.717, 1.165) is 51.5 Å². The van der Waals surface area contributed by atoms with E-state index in [1.807, 2.05) is 60.9 Å². The van der Waals surface area contributed by atoms with E-state index >= 15 is 0 Å². The summed E-state index contributed by atoms with van der Waals surface area (Å²) >= 11 is 0. The van der Waals surface area contributed by atoms with E-state index in [1.54, 1.807) is 0 Å². The summed E-state index contributed by atoms with van der Waals surface area (Å²) in [6, 6.07) is 51.8. The second-order valence-electron chi connectivity index (χ2n) is 11.1. The molecule has 6 aromatic rings. The minimum absolute atomic E-state index is 0. The van der Waals surface area contributed by atoms with E-state index in [4.69, 9.17) is 4.98 Å². The first-order valence-corrected chi connectivity index (χ1v) is 14.3. The molecule has 0 N–H and O–H groups in total. The second-order valence-corrected chi connectivity index (χ2v) is 11.1. The zero-order valence-electron chi connectivity index (χ0n) is 24.3. The van der Waals surface area contributed by atoms with Crippen LogP contribution in [-0.2, 0) is 43.8 Å². The van der Waals surface area contributed by atoms with Crippen LogP contribution in [0.15, 0.2) is 134 Å². The van der Waals surface area contributed by atoms with Crippen molar-refractivity contribution in [3.05, 3.63) is 186 Å². The molecule has 0 spiro atoms. The number of rotatable bonds is 9. The molecular formula is C39H32IrN3. The molecule has 212 valence electrons. The van der Waals surface area contributed by atoms with E-state index in [1.165, 1.54) is 0 Å². The van der Waals surface area contributed by atoms with Crippen LogP contribution < -0.4 is 0 Å². The molecule has 0 aliphatic heterocycles. The summed E-state index contributed by atoms with van der Waals surface area (Å²) in [5.41, 5.74) is 7.32. The van der Waals surface area contributed by atoms with Crippen molar-refractivity contribution in [3.63, 3.8) is 0 Å². The van der Waals surface area contributed by atoms with Gasteiger partial charge in [-0.05, 0) is 47.9 Å². The van der Waals surface area contributed by atoms with Crippen molar-refractivity contribution >= 4 is 0 Å². The van der Waals surface area contributed by atoms with Crippen molar-refractivity contribution in [2.45, 2.75) is 37.5 Å². The first-order valence-electron chi connectivity index (χ1n) is 14.3. The van der Waals surface area contributed by atoms with Gasteiger partial charge in [0.2, 0.25) is 0 Å². The summed E-state index contributed by atoms with van der Waals surface area (Å²) < 4.78 is 0. The van der Waals surface area contributed by atoms with Crippen molar-refractivity contribution in [2.75, 3.05) is 0 Å². The third-order valence-electron chi connectivity index (χ3n) is 8.11. The molecule has 0 bridgehead atoms. The Kier molecular flexibility index (Phi) is 9.40. The molecule has 0 aliphatic rings. The molecule has 3 nitrogen and oxygen atoms in total. The number of aromatic nitrogens is 3. The SMILES string of the molecule is CC(Cc1ccccn1)(c1[c-]cccc1)c1[c-]c(-c2cccc(C(C)(Cc3ccccn3)c3[c-]cccc3)n2)ccc1.[Ir+3]. The minimum Gasteiger partial charge on any atom is -0.300 e. The number of benzene rings is 3. The van der Waals surface area contributed by atoms with Crippen molar-refractivity contribution in [3.8, 4) is 11.3 Å². The fraction of sp³-hybridized carbons (Fsp3) is 0.154. The van der Waals surface area contributed by atoms with Crippen LogP contribution in [-0.4, -0.2) is 15.0 Å². The standard InChI is InChI=1S/C39H32N3.Ir/c1-38(31-16-5-3-6-17-31,28-34-21-9-11-25-40-34)33-20-13-15-30(27-33)36-23-14-24-37(42-36)39(2,32-18-7-4-8-19-32)29-35-22-10-12-26-41-35;/h3-16,18,20-26H,28-29H2,1-2H3;/q-3;+3. The van der Waals surface area contributed by atoms with Gasteiger partial charge in [-0.2, -0.15) is 71.8 Å². The van der Waals surface area contributed by atoms with Crippen LogP contribution >= 0.6 is 0 Å². The van der Waals surface area contributed by atoms with Crippen molar-refractivity contribution in [2.24, 2.45) is 0 Å². The van der Waals surface area contributed by atoms with Gasteiger partial charge in [0.1, 0.15) is 0 Å². The van der Waals surface area contributed by atoms with Crippen molar-refractivity contribution in [1.29, 1.82) is 0 Å². The Labute approximate surface area is 268 Å². The summed E-state index contributed by atoms with van der Waals surface area (Å²) in [5.74, 6) is 0. The largest absolute Gasteiger partial charge is 3.00 e. The van der Waals surface area contributed by atoms with Crippen LogP contribution in [0.1, 0.15) is 47.6 Å². The third kappa shape index (κ3) is 6.57. The van der Waals surface area contributed by atoms with Crippen LogP contribution in [0.5, 0.6) is 0 Å². The number of pyridine rings is 3. The monoisotopic (exact) mass is 735 g/mol. The van der Waals surface area contributed by atoms with Crippen LogP contribution in [0.25, 0.3) is 11.3 Å². The molecular weight excluding hydrogens is 703 g/mol. The van der Waals surface area contributed by atoms with Gasteiger partial charge in [0.15, 0.2) is 0 Å². The predicted octanol–water partition coefficient (Wildman–Crippen LogP) is 8.03. The third-order valence-corrected chi connectivity index (χ3v) is 8.11. The van der Waals surface area contributed by atoms with Gasteiger partial charge < -0.3 is 4.98 Å². The van der Waals surface area contributed by atoms with Crippen molar-refractivity contribution < 1.29 is 20.1 Å². The van der Waals surface area contributed by atoms with E-state index in [-0.39, 0.29) is 25.5 Å². The molecule has 0 saturated carbocycles. The predicted molar refractivity (Wildman–Crippen MR) is 168 cm³/mol. The van der Waals surface area contributed by atoms with Gasteiger partial charge >= 0.3 is 20.1 Å². The van der Waals surface area contributed by atoms with Gasteiger partial charge in [0.25, 0.3) is 0 Å². The molecule has 0 fully saturated rings. The Balaban J connectivity index is 0.00000368. The molecule has 4 heteroatoms. The molecule has 0 aliphatic carbocycles. The molecule has 3 heterocycles. The quantitative estimate of drug-likeness (QED) is 0.141. The average Bonchev–Trinajstić information content (AvgIpc) is 3.06. The molecule has 6 rings (SSSR count). The maximum Gasteiger partial charge on any atom is 3.00 e. The Hall–Kier alpha value is -4.24. The summed E-state index contributed by atoms with van der Waals surface area (Å²) in [6.07, 6.45) is 5.14. The average molecular weight is 735 g/mol. The maximum absolute atomic E-state index is 5.27. The first-order chi connectivity index (χ1) is 20.5. The van der Waals surface area contributed by atoms with Gasteiger partial charge in [0, 0.05) is 41.3 Å². The molecule has 3 aromatic heterocycles. The molecule has 0 amide bonds. The van der Waals surface area contributed by atoms with Crippen LogP contribution in [0.4, 0.5) is 0 Å². The van der Waals surface area contributed by atoms with Crippen molar-refractivity contribution in [1.82, 2.24) is 15.0 Å². The molecule has 43 heavy (non-hydrogen) atoms. The van der Waals surface area contributed by atoms with Crippen LogP contribution in [0.2, 0.25) is 0 Å². The van der Waals surface area contributed by atoms with E-state index < -0.39 is 5.41 Å². The Morgan fingerprint density at radius 3 is 1.70 bits per heavy atom. The smallest absolute Gasteiger partial charge is 0.300 e. The number of nitrogens with zero attached hydrogens (tertiary/aromatic N) is 3. The van der Waals surface area contributed by atoms with Gasteiger partial charge in [-0.1, -0.05) is 38.1 Å². The zero-order chi connectivity index (χ0) is 28.8. The summed E-state index contributed by atoms with van der Waals surface area (Å²) in [7, 11) is 0. The minimum atomic E-state index is -0.421. The van der Waals surface area contributed by atoms with Crippen LogP contribution in [0.3, 0.4) is 0 Å². The topological polar surface area (TPSA) is 38.7 Å². The Morgan fingerprint density at radius 2 is 1.12 bits per heavy atom. The van der Waals surface area contributed by atoms with E-state index in [0.29, 0.717) is 6.42 Å². The number of hydrogen-bond donors (Lipinski definition) is 0. The van der Waals surface area contributed by atoms with E-state index in [2.05, 4.69) is 115 Å². The fourth-order valence-electron chi connectivity index (χ4n) is 5.69. The zero-order valence-corrected chi connectivity index (χ0v) is 26.7. The number of hydrogen-bond acceptors (Lipinski definition) is 3. The van der Waals surface area contributed by atoms with Gasteiger partial charge in [-0.15, -0.1) is 35.4 Å². The summed E-state index contributed by atoms with van der Waals surface area (Å²) in [6.45, 7) is 4.48.